The number of pyridine rings is 1. The lowest BCUT2D eigenvalue weighted by atomic mass is 9.88. The molecule has 0 saturated carbocycles. The maximum atomic E-state index is 14.0. The fraction of sp³-hybridized carbons (Fsp3) is 0.105. The highest BCUT2D eigenvalue weighted by Gasteiger charge is 2.23. The van der Waals surface area contributed by atoms with Crippen LogP contribution in [-0.4, -0.2) is 43.6 Å². The molecule has 0 aliphatic heterocycles. The Balaban J connectivity index is 0.000000199. The summed E-state index contributed by atoms with van der Waals surface area (Å²) in [5.41, 5.74) is 19.7. The molecular weight excluding hydrogens is 693 g/mol. The molecule has 0 aliphatic rings. The quantitative estimate of drug-likeness (QED) is 0.0473. The Labute approximate surface area is 302 Å². The molecule has 2 aromatic heterocycles. The molecule has 0 fully saturated rings. The number of amides is 1. The van der Waals surface area contributed by atoms with E-state index in [2.05, 4.69) is 14.5 Å². The molecular formula is C38H33ClFN5O5S. The van der Waals surface area contributed by atoms with E-state index in [0.717, 1.165) is 44.6 Å². The van der Waals surface area contributed by atoms with Gasteiger partial charge in [0.25, 0.3) is 0 Å². The van der Waals surface area contributed by atoms with Crippen molar-refractivity contribution in [1.29, 1.82) is 0 Å². The van der Waals surface area contributed by atoms with Crippen molar-refractivity contribution >= 4 is 34.9 Å². The molecule has 1 amide bonds. The standard InChI is InChI=1S/C19H15ClFN3O3.C19H18N2O2S/c1-27-19-16(8-12(21)9-23-19)17-14(10-2-4-13(25)5-3-10)6-11(20)7-15(17)18(22)24-26;1-10-8-15(13-4-6-14(22)7-5-13)18(16(9-10)19(20)23)17-11(2)21-24-12(17)3/h2-9,25-26H,1H3,(H2,22,24);4-9,22H,1-3H3,(H2,20,23). The van der Waals surface area contributed by atoms with Gasteiger partial charge in [0, 0.05) is 43.3 Å². The Morgan fingerprint density at radius 2 is 1.41 bits per heavy atom. The topological polar surface area (TPSA) is 177 Å². The molecule has 51 heavy (non-hydrogen) atoms. The van der Waals surface area contributed by atoms with Gasteiger partial charge in [-0.15, -0.1) is 0 Å². The molecule has 6 aromatic rings. The normalized spacial score (nSPS) is 11.1. The summed E-state index contributed by atoms with van der Waals surface area (Å²) in [7, 11) is 1.41. The van der Waals surface area contributed by atoms with Crippen LogP contribution in [0.15, 0.2) is 90.2 Å². The van der Waals surface area contributed by atoms with Crippen molar-refractivity contribution in [2.45, 2.75) is 20.8 Å². The maximum absolute atomic E-state index is 14.0. The molecule has 0 bridgehead atoms. The van der Waals surface area contributed by atoms with Crippen LogP contribution >= 0.6 is 23.1 Å². The van der Waals surface area contributed by atoms with Gasteiger partial charge < -0.3 is 31.6 Å². The Morgan fingerprint density at radius 3 is 1.92 bits per heavy atom. The lowest BCUT2D eigenvalue weighted by molar-refractivity contribution is 0.100. The first-order valence-corrected chi connectivity index (χ1v) is 16.5. The summed E-state index contributed by atoms with van der Waals surface area (Å²) >= 11 is 7.65. The van der Waals surface area contributed by atoms with Crippen LogP contribution in [-0.2, 0) is 0 Å². The second kappa shape index (κ2) is 15.3. The van der Waals surface area contributed by atoms with Gasteiger partial charge in [-0.1, -0.05) is 47.1 Å². The van der Waals surface area contributed by atoms with Gasteiger partial charge in [-0.25, -0.2) is 9.37 Å². The highest BCUT2D eigenvalue weighted by atomic mass is 35.5. The van der Waals surface area contributed by atoms with Crippen LogP contribution in [0.3, 0.4) is 0 Å². The van der Waals surface area contributed by atoms with Crippen molar-refractivity contribution in [2.24, 2.45) is 16.6 Å². The molecule has 7 N–H and O–H groups in total. The molecule has 0 atom stereocenters. The number of primary amides is 1. The molecule has 0 spiro atoms. The van der Waals surface area contributed by atoms with Crippen LogP contribution in [0.1, 0.15) is 32.1 Å². The lowest BCUT2D eigenvalue weighted by Gasteiger charge is -2.17. The van der Waals surface area contributed by atoms with E-state index in [4.69, 9.17) is 27.8 Å². The van der Waals surface area contributed by atoms with Crippen LogP contribution < -0.4 is 16.2 Å². The Morgan fingerprint density at radius 1 is 0.824 bits per heavy atom. The van der Waals surface area contributed by atoms with Crippen molar-refractivity contribution < 1.29 is 29.3 Å². The van der Waals surface area contributed by atoms with E-state index in [9.17, 15) is 24.6 Å². The summed E-state index contributed by atoms with van der Waals surface area (Å²) < 4.78 is 23.6. The summed E-state index contributed by atoms with van der Waals surface area (Å²) in [6.45, 7) is 5.86. The number of ether oxygens (including phenoxy) is 1. The Hall–Kier alpha value is -5.98. The number of amidine groups is 1. The summed E-state index contributed by atoms with van der Waals surface area (Å²) in [5.74, 6) is -0.803. The zero-order valence-corrected chi connectivity index (χ0v) is 29.5. The fourth-order valence-electron chi connectivity index (χ4n) is 5.75. The van der Waals surface area contributed by atoms with Crippen LogP contribution in [0.25, 0.3) is 44.5 Å². The molecule has 260 valence electrons. The predicted molar refractivity (Wildman–Crippen MR) is 198 cm³/mol. The summed E-state index contributed by atoms with van der Waals surface area (Å²) in [4.78, 5) is 17.1. The molecule has 4 aromatic carbocycles. The van der Waals surface area contributed by atoms with E-state index in [1.807, 2.05) is 45.0 Å². The number of oxime groups is 1. The van der Waals surface area contributed by atoms with E-state index >= 15 is 0 Å². The van der Waals surface area contributed by atoms with E-state index in [1.54, 1.807) is 30.3 Å². The van der Waals surface area contributed by atoms with Gasteiger partial charge in [-0.2, -0.15) is 4.37 Å². The summed E-state index contributed by atoms with van der Waals surface area (Å²) in [5, 5.41) is 31.7. The molecule has 10 nitrogen and oxygen atoms in total. The monoisotopic (exact) mass is 725 g/mol. The van der Waals surface area contributed by atoms with Crippen molar-refractivity contribution in [2.75, 3.05) is 7.11 Å². The third kappa shape index (κ3) is 7.77. The number of carbonyl (C=O) groups excluding carboxylic acids is 1. The first-order chi connectivity index (χ1) is 24.3. The number of hydrogen-bond donors (Lipinski definition) is 5. The smallest absolute Gasteiger partial charge is 0.249 e. The van der Waals surface area contributed by atoms with Crippen LogP contribution in [0, 0.1) is 26.6 Å². The van der Waals surface area contributed by atoms with E-state index in [1.165, 1.54) is 42.9 Å². The van der Waals surface area contributed by atoms with E-state index in [-0.39, 0.29) is 28.8 Å². The zero-order valence-electron chi connectivity index (χ0n) is 27.9. The average molecular weight is 726 g/mol. The van der Waals surface area contributed by atoms with Crippen molar-refractivity contribution in [1.82, 2.24) is 9.36 Å². The second-order valence-corrected chi connectivity index (χ2v) is 12.9. The van der Waals surface area contributed by atoms with Gasteiger partial charge in [-0.3, -0.25) is 4.79 Å². The van der Waals surface area contributed by atoms with Crippen LogP contribution in [0.5, 0.6) is 17.4 Å². The number of aromatic nitrogens is 2. The molecule has 13 heteroatoms. The SMILES string of the molecule is COc1ncc(F)cc1-c1c(C(N)=NO)cc(Cl)cc1-c1ccc(O)cc1.Cc1cc(C(N)=O)c(-c2c(C)nsc2C)c(-c2ccc(O)cc2)c1. The van der Waals surface area contributed by atoms with Gasteiger partial charge in [0.2, 0.25) is 11.8 Å². The van der Waals surface area contributed by atoms with Crippen LogP contribution in [0.2, 0.25) is 5.02 Å². The summed E-state index contributed by atoms with van der Waals surface area (Å²) in [6.07, 6.45) is 1.03. The number of benzene rings is 4. The summed E-state index contributed by atoms with van der Waals surface area (Å²) in [6, 6.07) is 21.5. The van der Waals surface area contributed by atoms with Crippen molar-refractivity contribution in [3.05, 3.63) is 123 Å². The average Bonchev–Trinajstić information content (AvgIpc) is 3.44. The van der Waals surface area contributed by atoms with Gasteiger partial charge in [0.05, 0.1) is 19.0 Å². The highest BCUT2D eigenvalue weighted by Crippen LogP contribution is 2.42. The second-order valence-electron chi connectivity index (χ2n) is 11.5. The number of rotatable bonds is 7. The van der Waals surface area contributed by atoms with E-state index in [0.29, 0.717) is 32.8 Å². The highest BCUT2D eigenvalue weighted by molar-refractivity contribution is 7.06. The van der Waals surface area contributed by atoms with Crippen LogP contribution in [0.4, 0.5) is 4.39 Å². The third-order valence-electron chi connectivity index (χ3n) is 7.96. The molecule has 0 unspecified atom stereocenters. The number of carbonyl (C=O) groups is 1. The van der Waals surface area contributed by atoms with Crippen molar-refractivity contribution in [3.63, 3.8) is 0 Å². The number of aryl methyl sites for hydroxylation is 3. The largest absolute Gasteiger partial charge is 0.508 e. The van der Waals surface area contributed by atoms with Gasteiger partial charge in [-0.05, 0) is 109 Å². The maximum Gasteiger partial charge on any atom is 0.249 e. The fourth-order valence-corrected chi connectivity index (χ4v) is 6.67. The number of phenolic OH excluding ortho intramolecular Hbond substituents is 2. The molecule has 0 aliphatic carbocycles. The third-order valence-corrected chi connectivity index (χ3v) is 9.02. The molecule has 2 heterocycles. The number of hydrogen-bond acceptors (Lipinski definition) is 9. The Kier molecular flexibility index (Phi) is 10.9. The van der Waals surface area contributed by atoms with Gasteiger partial charge >= 0.3 is 0 Å². The number of aromatic hydroxyl groups is 2. The minimum atomic E-state index is -0.581. The number of nitrogens with two attached hydrogens (primary N) is 2. The Bertz CT molecular complexity index is 2260. The lowest BCUT2D eigenvalue weighted by Crippen LogP contribution is -2.15. The first kappa shape index (κ1) is 36.3. The minimum absolute atomic E-state index is 0.0870. The zero-order chi connectivity index (χ0) is 37.0. The predicted octanol–water partition coefficient (Wildman–Crippen LogP) is 8.22. The van der Waals surface area contributed by atoms with Gasteiger partial charge in [0.1, 0.15) is 17.3 Å². The molecule has 0 saturated heterocycles. The number of phenols is 2. The molecule has 6 rings (SSSR count). The van der Waals surface area contributed by atoms with Gasteiger partial charge in [0.15, 0.2) is 5.84 Å². The van der Waals surface area contributed by atoms with E-state index < -0.39 is 11.7 Å². The minimum Gasteiger partial charge on any atom is -0.508 e. The first-order valence-electron chi connectivity index (χ1n) is 15.3. The number of methoxy groups -OCH3 is 1. The number of halogens is 2. The van der Waals surface area contributed by atoms with Crippen molar-refractivity contribution in [3.8, 4) is 61.9 Å². The molecule has 0 radical (unpaired) electrons. The number of nitrogens with zero attached hydrogens (tertiary/aromatic N) is 3.